The topological polar surface area (TPSA) is 88.6 Å². The Kier molecular flexibility index (Phi) is 6.76. The van der Waals surface area contributed by atoms with Crippen LogP contribution in [0.2, 0.25) is 0 Å². The molecule has 2 aliphatic rings. The predicted octanol–water partition coefficient (Wildman–Crippen LogP) is 4.29. The van der Waals surface area contributed by atoms with Crippen molar-refractivity contribution < 1.29 is 14.3 Å². The van der Waals surface area contributed by atoms with Crippen molar-refractivity contribution in [2.45, 2.75) is 44.8 Å². The Morgan fingerprint density at radius 3 is 2.62 bits per heavy atom. The van der Waals surface area contributed by atoms with Crippen LogP contribution in [0.1, 0.15) is 31.2 Å². The van der Waals surface area contributed by atoms with Gasteiger partial charge in [-0.2, -0.15) is 4.98 Å². The number of nitrogens with one attached hydrogen (secondary N) is 2. The van der Waals surface area contributed by atoms with Gasteiger partial charge in [0.15, 0.2) is 0 Å². The minimum Gasteiger partial charge on any atom is -0.474 e. The molecular formula is C26H31N5O3. The fourth-order valence-electron chi connectivity index (χ4n) is 4.55. The van der Waals surface area contributed by atoms with Crippen LogP contribution < -0.4 is 20.3 Å². The predicted molar refractivity (Wildman–Crippen MR) is 133 cm³/mol. The molecule has 1 aliphatic carbocycles. The summed E-state index contributed by atoms with van der Waals surface area (Å²) >= 11 is 0. The molecule has 1 aromatic carbocycles. The molecule has 2 amide bonds. The molecule has 178 valence electrons. The van der Waals surface area contributed by atoms with E-state index in [4.69, 9.17) is 14.5 Å². The molecule has 8 heteroatoms. The van der Waals surface area contributed by atoms with Crippen molar-refractivity contribution in [2.24, 2.45) is 0 Å². The molecule has 0 spiro atoms. The number of urea groups is 1. The second kappa shape index (κ2) is 10.3. The number of aryl methyl sites for hydroxylation is 1. The average Bonchev–Trinajstić information content (AvgIpc) is 2.87. The minimum atomic E-state index is -0.162. The van der Waals surface area contributed by atoms with Gasteiger partial charge in [-0.1, -0.05) is 17.7 Å². The number of carbonyl (C=O) groups excluding carboxylic acids is 1. The molecule has 8 nitrogen and oxygen atoms in total. The van der Waals surface area contributed by atoms with Crippen LogP contribution in [0.15, 0.2) is 48.7 Å². The number of aromatic nitrogens is 2. The Hall–Kier alpha value is -3.39. The quantitative estimate of drug-likeness (QED) is 0.589. The molecular weight excluding hydrogens is 430 g/mol. The van der Waals surface area contributed by atoms with E-state index in [0.717, 1.165) is 66.7 Å². The van der Waals surface area contributed by atoms with Gasteiger partial charge in [0.1, 0.15) is 11.9 Å². The highest BCUT2D eigenvalue weighted by Crippen LogP contribution is 2.31. The third-order valence-corrected chi connectivity index (χ3v) is 6.48. The Balaban J connectivity index is 1.20. The van der Waals surface area contributed by atoms with Crippen molar-refractivity contribution in [3.63, 3.8) is 0 Å². The number of benzene rings is 1. The van der Waals surface area contributed by atoms with Gasteiger partial charge in [-0.15, -0.1) is 0 Å². The monoisotopic (exact) mass is 461 g/mol. The molecule has 5 rings (SSSR count). The first-order valence-corrected chi connectivity index (χ1v) is 12.0. The first-order chi connectivity index (χ1) is 16.6. The zero-order valence-corrected chi connectivity index (χ0v) is 19.5. The molecule has 0 atom stereocenters. The number of rotatable bonds is 5. The van der Waals surface area contributed by atoms with Gasteiger partial charge in [-0.3, -0.25) is 4.98 Å². The summed E-state index contributed by atoms with van der Waals surface area (Å²) in [6.45, 7) is 5.05. The number of hydrogen-bond acceptors (Lipinski definition) is 6. The van der Waals surface area contributed by atoms with Crippen LogP contribution in [-0.4, -0.2) is 54.4 Å². The third-order valence-electron chi connectivity index (χ3n) is 6.48. The van der Waals surface area contributed by atoms with E-state index in [0.29, 0.717) is 19.1 Å². The summed E-state index contributed by atoms with van der Waals surface area (Å²) in [4.78, 5) is 24.0. The number of morpholine rings is 1. The first kappa shape index (κ1) is 22.4. The zero-order valence-electron chi connectivity index (χ0n) is 19.5. The van der Waals surface area contributed by atoms with Gasteiger partial charge in [0, 0.05) is 37.1 Å². The highest BCUT2D eigenvalue weighted by atomic mass is 16.5. The van der Waals surface area contributed by atoms with Crippen LogP contribution in [0.25, 0.3) is 10.9 Å². The van der Waals surface area contributed by atoms with Gasteiger partial charge in [0.25, 0.3) is 0 Å². The average molecular weight is 462 g/mol. The second-order valence-corrected chi connectivity index (χ2v) is 9.01. The minimum absolute atomic E-state index is 0.0639. The lowest BCUT2D eigenvalue weighted by Crippen LogP contribution is -2.41. The van der Waals surface area contributed by atoms with E-state index < -0.39 is 0 Å². The van der Waals surface area contributed by atoms with E-state index in [-0.39, 0.29) is 18.2 Å². The molecule has 3 aromatic rings. The van der Waals surface area contributed by atoms with Crippen molar-refractivity contribution in [1.29, 1.82) is 0 Å². The second-order valence-electron chi connectivity index (χ2n) is 9.01. The molecule has 34 heavy (non-hydrogen) atoms. The summed E-state index contributed by atoms with van der Waals surface area (Å²) in [7, 11) is 0. The Morgan fingerprint density at radius 2 is 1.85 bits per heavy atom. The van der Waals surface area contributed by atoms with Crippen molar-refractivity contribution in [1.82, 2.24) is 15.3 Å². The van der Waals surface area contributed by atoms with Gasteiger partial charge in [0.05, 0.1) is 24.1 Å². The largest absolute Gasteiger partial charge is 0.474 e. The lowest BCUT2D eigenvalue weighted by molar-refractivity contribution is 0.121. The number of pyridine rings is 2. The zero-order chi connectivity index (χ0) is 23.3. The van der Waals surface area contributed by atoms with Crippen molar-refractivity contribution in [3.8, 4) is 5.88 Å². The van der Waals surface area contributed by atoms with Crippen molar-refractivity contribution in [3.05, 3.63) is 54.2 Å². The molecule has 0 radical (unpaired) electrons. The summed E-state index contributed by atoms with van der Waals surface area (Å²) in [5.41, 5.74) is 2.85. The van der Waals surface area contributed by atoms with Crippen LogP contribution >= 0.6 is 0 Å². The van der Waals surface area contributed by atoms with Crippen molar-refractivity contribution >= 4 is 28.4 Å². The fraction of sp³-hybridized carbons (Fsp3) is 0.423. The SMILES string of the molecule is Cc1ccc(NC(=O)N[C@H]2CC[C@@H](Oc3nc(N4CCOCC4)cc4ncccc34)CC2)cc1. The molecule has 0 unspecified atom stereocenters. The summed E-state index contributed by atoms with van der Waals surface area (Å²) in [6.07, 6.45) is 5.32. The third kappa shape index (κ3) is 5.39. The molecule has 1 saturated heterocycles. The summed E-state index contributed by atoms with van der Waals surface area (Å²) in [6, 6.07) is 13.7. The normalized spacial score (nSPS) is 20.7. The van der Waals surface area contributed by atoms with Gasteiger partial charge >= 0.3 is 6.03 Å². The van der Waals surface area contributed by atoms with Gasteiger partial charge in [0.2, 0.25) is 5.88 Å². The Labute approximate surface area is 199 Å². The Bertz CT molecular complexity index is 1120. The van der Waals surface area contributed by atoms with Crippen LogP contribution in [0, 0.1) is 6.92 Å². The van der Waals surface area contributed by atoms with Gasteiger partial charge in [-0.05, 0) is 56.9 Å². The van der Waals surface area contributed by atoms with Crippen LogP contribution in [0.3, 0.4) is 0 Å². The van der Waals surface area contributed by atoms with E-state index in [1.165, 1.54) is 0 Å². The van der Waals surface area contributed by atoms with Crippen LogP contribution in [-0.2, 0) is 4.74 Å². The van der Waals surface area contributed by atoms with Crippen LogP contribution in [0.5, 0.6) is 5.88 Å². The highest BCUT2D eigenvalue weighted by molar-refractivity contribution is 5.89. The standard InChI is InChI=1S/C26H31N5O3/c1-18-4-6-19(7-5-18)28-26(32)29-20-8-10-21(11-9-20)34-25-22-3-2-12-27-23(22)17-24(30-25)31-13-15-33-16-14-31/h2-7,12,17,20-21H,8-11,13-16H2,1H3,(H2,28,29,32)/t20-,21+. The van der Waals surface area contributed by atoms with Gasteiger partial charge in [-0.25, -0.2) is 4.79 Å². The van der Waals surface area contributed by atoms with Gasteiger partial charge < -0.3 is 25.0 Å². The maximum Gasteiger partial charge on any atom is 0.319 e. The van der Waals surface area contributed by atoms with E-state index in [9.17, 15) is 4.79 Å². The van der Waals surface area contributed by atoms with Crippen molar-refractivity contribution in [2.75, 3.05) is 36.5 Å². The fourth-order valence-corrected chi connectivity index (χ4v) is 4.55. The number of ether oxygens (including phenoxy) is 2. The first-order valence-electron chi connectivity index (χ1n) is 12.0. The lowest BCUT2D eigenvalue weighted by atomic mass is 9.93. The summed E-state index contributed by atoms with van der Waals surface area (Å²) in [5.74, 6) is 1.52. The van der Waals surface area contributed by atoms with E-state index in [2.05, 4.69) is 20.5 Å². The number of fused-ring (bicyclic) bond motifs is 1. The van der Waals surface area contributed by atoms with E-state index >= 15 is 0 Å². The summed E-state index contributed by atoms with van der Waals surface area (Å²) < 4.78 is 11.9. The Morgan fingerprint density at radius 1 is 1.09 bits per heavy atom. The number of amides is 2. The highest BCUT2D eigenvalue weighted by Gasteiger charge is 2.25. The lowest BCUT2D eigenvalue weighted by Gasteiger charge is -2.31. The number of hydrogen-bond donors (Lipinski definition) is 2. The van der Waals surface area contributed by atoms with E-state index in [1.54, 1.807) is 6.20 Å². The maximum atomic E-state index is 12.4. The molecule has 1 saturated carbocycles. The number of carbonyl (C=O) groups is 1. The van der Waals surface area contributed by atoms with Crippen LogP contribution in [0.4, 0.5) is 16.3 Å². The smallest absolute Gasteiger partial charge is 0.319 e. The summed E-state index contributed by atoms with van der Waals surface area (Å²) in [5, 5.41) is 6.94. The number of anilines is 2. The molecule has 2 aromatic heterocycles. The molecule has 0 bridgehead atoms. The molecule has 2 fully saturated rings. The molecule has 1 aliphatic heterocycles. The maximum absolute atomic E-state index is 12.4. The van der Waals surface area contributed by atoms with E-state index in [1.807, 2.05) is 49.4 Å². The molecule has 3 heterocycles. The number of nitrogens with zero attached hydrogens (tertiary/aromatic N) is 3. The molecule has 2 N–H and O–H groups in total.